The molecule has 6 nitrogen and oxygen atoms in total. The molecule has 0 spiro atoms. The zero-order valence-corrected chi connectivity index (χ0v) is 16.7. The van der Waals surface area contributed by atoms with E-state index in [1.807, 2.05) is 0 Å². The number of unbranched alkanes of at least 4 members (excludes halogenated alkanes) is 9. The molecule has 0 amide bonds. The lowest BCUT2D eigenvalue weighted by Crippen LogP contribution is -2.40. The highest BCUT2D eigenvalue weighted by Gasteiger charge is 2.12. The SMILES string of the molecule is CCCCCCCCCCCC[N+](C)(C)CC#N.COS(=O)(=O)[O-]. The van der Waals surface area contributed by atoms with E-state index < -0.39 is 10.4 Å². The first-order valence-electron chi connectivity index (χ1n) is 8.89. The first kappa shape index (κ1) is 25.6. The van der Waals surface area contributed by atoms with Crippen LogP contribution in [0.15, 0.2) is 0 Å². The number of quaternary nitrogens is 1. The second-order valence-electron chi connectivity index (χ2n) is 6.73. The Balaban J connectivity index is 0. The summed E-state index contributed by atoms with van der Waals surface area (Å²) in [6.45, 7) is 4.05. The van der Waals surface area contributed by atoms with E-state index in [1.165, 1.54) is 64.2 Å². The van der Waals surface area contributed by atoms with Crippen molar-refractivity contribution in [1.82, 2.24) is 0 Å². The lowest BCUT2D eigenvalue weighted by molar-refractivity contribution is -0.883. The van der Waals surface area contributed by atoms with Gasteiger partial charge in [-0.05, 0) is 12.8 Å². The Hall–Kier alpha value is -0.680. The van der Waals surface area contributed by atoms with Crippen LogP contribution in [0.4, 0.5) is 0 Å². The van der Waals surface area contributed by atoms with Gasteiger partial charge in [-0.1, -0.05) is 58.3 Å². The summed E-state index contributed by atoms with van der Waals surface area (Å²) in [7, 11) is 0.695. The van der Waals surface area contributed by atoms with Crippen LogP contribution in [0.1, 0.15) is 71.1 Å². The molecule has 0 bridgehead atoms. The maximum atomic E-state index is 9.22. The molecule has 0 aromatic carbocycles. The van der Waals surface area contributed by atoms with E-state index in [4.69, 9.17) is 5.26 Å². The van der Waals surface area contributed by atoms with Crippen LogP contribution < -0.4 is 0 Å². The molecule has 0 radical (unpaired) electrons. The molecule has 0 atom stereocenters. The van der Waals surface area contributed by atoms with Gasteiger partial charge in [-0.15, -0.1) is 0 Å². The first-order valence-corrected chi connectivity index (χ1v) is 10.2. The van der Waals surface area contributed by atoms with Crippen molar-refractivity contribution in [3.8, 4) is 6.07 Å². The summed E-state index contributed by atoms with van der Waals surface area (Å²) in [5, 5.41) is 8.70. The Bertz CT molecular complexity index is 417. The van der Waals surface area contributed by atoms with Gasteiger partial charge in [0.15, 0.2) is 6.54 Å². The van der Waals surface area contributed by atoms with E-state index in [2.05, 4.69) is 31.3 Å². The minimum absolute atomic E-state index is 0.636. The minimum atomic E-state index is -4.41. The van der Waals surface area contributed by atoms with Crippen LogP contribution in [0, 0.1) is 11.3 Å². The van der Waals surface area contributed by atoms with Gasteiger partial charge in [0.1, 0.15) is 6.07 Å². The molecule has 0 aliphatic carbocycles. The quantitative estimate of drug-likeness (QED) is 0.164. The van der Waals surface area contributed by atoms with Crippen molar-refractivity contribution >= 4 is 10.4 Å². The molecule has 0 N–H and O–H groups in total. The number of rotatable bonds is 13. The molecule has 0 saturated carbocycles. The summed E-state index contributed by atoms with van der Waals surface area (Å²) in [5.74, 6) is 0. The number of nitriles is 1. The third kappa shape index (κ3) is 23.6. The molecular formula is C17H36N2O4S. The van der Waals surface area contributed by atoms with Gasteiger partial charge in [-0.25, -0.2) is 8.42 Å². The summed E-state index contributed by atoms with van der Waals surface area (Å²) in [4.78, 5) is 0. The third-order valence-electron chi connectivity index (χ3n) is 3.82. The summed E-state index contributed by atoms with van der Waals surface area (Å²) >= 11 is 0. The molecule has 144 valence electrons. The van der Waals surface area contributed by atoms with Crippen LogP contribution in [0.2, 0.25) is 0 Å². The fourth-order valence-electron chi connectivity index (χ4n) is 2.30. The van der Waals surface area contributed by atoms with E-state index in [0.717, 1.165) is 18.1 Å². The van der Waals surface area contributed by atoms with Gasteiger partial charge in [0, 0.05) is 0 Å². The summed E-state index contributed by atoms with van der Waals surface area (Å²) in [6, 6.07) is 2.27. The average molecular weight is 365 g/mol. The fourth-order valence-corrected chi connectivity index (χ4v) is 2.30. The van der Waals surface area contributed by atoms with Crippen LogP contribution in [0.5, 0.6) is 0 Å². The fraction of sp³-hybridized carbons (Fsp3) is 0.941. The highest BCUT2D eigenvalue weighted by molar-refractivity contribution is 7.80. The topological polar surface area (TPSA) is 90.2 Å². The van der Waals surface area contributed by atoms with Crippen molar-refractivity contribution < 1.29 is 21.6 Å². The van der Waals surface area contributed by atoms with Crippen LogP contribution in [-0.4, -0.2) is 51.7 Å². The summed E-state index contributed by atoms with van der Waals surface area (Å²) in [5.41, 5.74) is 0. The predicted molar refractivity (Wildman–Crippen MR) is 96.0 cm³/mol. The Morgan fingerprint density at radius 3 is 1.67 bits per heavy atom. The number of nitrogens with zero attached hydrogens (tertiary/aromatic N) is 2. The predicted octanol–water partition coefficient (Wildman–Crippen LogP) is 3.60. The molecule has 0 unspecified atom stereocenters. The van der Waals surface area contributed by atoms with Crippen LogP contribution in [0.3, 0.4) is 0 Å². The van der Waals surface area contributed by atoms with Gasteiger partial charge in [0.2, 0.25) is 10.4 Å². The van der Waals surface area contributed by atoms with Crippen molar-refractivity contribution in [3.63, 3.8) is 0 Å². The molecule has 0 aliphatic rings. The first-order chi connectivity index (χ1) is 11.2. The molecule has 0 aliphatic heterocycles. The Kier molecular flexibility index (Phi) is 16.9. The maximum absolute atomic E-state index is 9.22. The third-order valence-corrected chi connectivity index (χ3v) is 4.23. The summed E-state index contributed by atoms with van der Waals surface area (Å²) in [6.07, 6.45) is 13.8. The van der Waals surface area contributed by atoms with Crippen LogP contribution in [-0.2, 0) is 14.6 Å². The molecule has 0 rings (SSSR count). The normalized spacial score (nSPS) is 11.5. The Morgan fingerprint density at radius 1 is 0.958 bits per heavy atom. The number of hydrogen-bond donors (Lipinski definition) is 0. The van der Waals surface area contributed by atoms with E-state index in [1.54, 1.807) is 0 Å². The largest absolute Gasteiger partial charge is 0.726 e. The maximum Gasteiger partial charge on any atom is 0.217 e. The van der Waals surface area contributed by atoms with Gasteiger partial charge < -0.3 is 9.04 Å². The summed E-state index contributed by atoms with van der Waals surface area (Å²) < 4.78 is 31.9. The zero-order valence-electron chi connectivity index (χ0n) is 15.9. The van der Waals surface area contributed by atoms with Crippen LogP contribution in [0.25, 0.3) is 0 Å². The Labute approximate surface area is 149 Å². The van der Waals surface area contributed by atoms with E-state index in [0.29, 0.717) is 6.54 Å². The van der Waals surface area contributed by atoms with Crippen molar-refractivity contribution in [2.45, 2.75) is 71.1 Å². The molecule has 0 heterocycles. The Morgan fingerprint density at radius 2 is 1.33 bits per heavy atom. The highest BCUT2D eigenvalue weighted by Crippen LogP contribution is 2.11. The molecule has 0 aromatic rings. The second kappa shape index (κ2) is 15.8. The van der Waals surface area contributed by atoms with Crippen molar-refractivity contribution in [1.29, 1.82) is 5.26 Å². The van der Waals surface area contributed by atoms with Crippen LogP contribution >= 0.6 is 0 Å². The zero-order chi connectivity index (χ0) is 18.9. The number of hydrogen-bond acceptors (Lipinski definition) is 5. The van der Waals surface area contributed by atoms with Crippen molar-refractivity contribution in [2.75, 3.05) is 34.3 Å². The van der Waals surface area contributed by atoms with Crippen molar-refractivity contribution in [3.05, 3.63) is 0 Å². The minimum Gasteiger partial charge on any atom is -0.726 e. The van der Waals surface area contributed by atoms with Gasteiger partial charge >= 0.3 is 0 Å². The van der Waals surface area contributed by atoms with E-state index >= 15 is 0 Å². The highest BCUT2D eigenvalue weighted by atomic mass is 32.3. The molecule has 7 heteroatoms. The molecule has 0 aromatic heterocycles. The molecule has 0 saturated heterocycles. The van der Waals surface area contributed by atoms with Gasteiger partial charge in [-0.2, -0.15) is 5.26 Å². The molecule has 24 heavy (non-hydrogen) atoms. The smallest absolute Gasteiger partial charge is 0.217 e. The molecule has 0 fully saturated rings. The lowest BCUT2D eigenvalue weighted by atomic mass is 10.1. The standard InChI is InChI=1S/C16H33N2.CH4O4S/c1-4-5-6-7-8-9-10-11-12-13-15-18(2,3)16-14-17;1-5-6(2,3)4/h4-13,15-16H2,1-3H3;1H3,(H,2,3,4)/q+1;/p-1. The van der Waals surface area contributed by atoms with Crippen molar-refractivity contribution in [2.24, 2.45) is 0 Å². The molecular weight excluding hydrogens is 328 g/mol. The second-order valence-corrected chi connectivity index (χ2v) is 7.88. The average Bonchev–Trinajstić information content (AvgIpc) is 2.49. The lowest BCUT2D eigenvalue weighted by Gasteiger charge is -2.26. The van der Waals surface area contributed by atoms with Gasteiger partial charge in [0.05, 0.1) is 27.7 Å². The van der Waals surface area contributed by atoms with E-state index in [-0.39, 0.29) is 0 Å². The van der Waals surface area contributed by atoms with Gasteiger partial charge in [0.25, 0.3) is 0 Å². The van der Waals surface area contributed by atoms with E-state index in [9.17, 15) is 13.0 Å². The van der Waals surface area contributed by atoms with Gasteiger partial charge in [-0.3, -0.25) is 4.18 Å². The monoisotopic (exact) mass is 364 g/mol.